The van der Waals surface area contributed by atoms with E-state index >= 15 is 0 Å². The van der Waals surface area contributed by atoms with Crippen molar-refractivity contribution in [2.45, 2.75) is 51.4 Å². The van der Waals surface area contributed by atoms with Gasteiger partial charge in [-0.15, -0.1) is 10.2 Å². The lowest BCUT2D eigenvalue weighted by Gasteiger charge is -2.28. The van der Waals surface area contributed by atoms with E-state index in [1.165, 1.54) is 6.20 Å². The Balaban J connectivity index is 1.45. The molecule has 11 nitrogen and oxygen atoms in total. The highest BCUT2D eigenvalue weighted by Crippen LogP contribution is 2.24. The second-order valence-electron chi connectivity index (χ2n) is 9.07. The van der Waals surface area contributed by atoms with E-state index in [2.05, 4.69) is 26.6 Å². The van der Waals surface area contributed by atoms with Crippen LogP contribution in [-0.2, 0) is 11.3 Å². The first-order chi connectivity index (χ1) is 16.2. The van der Waals surface area contributed by atoms with Crippen LogP contribution in [0.1, 0.15) is 43.4 Å². The number of nitrogens with zero attached hydrogens (tertiary/aromatic N) is 6. The summed E-state index contributed by atoms with van der Waals surface area (Å²) in [5.41, 5.74) is 0.487. The van der Waals surface area contributed by atoms with E-state index in [0.717, 1.165) is 0 Å². The number of carbonyl (C=O) groups is 2. The minimum absolute atomic E-state index is 0.0940. The van der Waals surface area contributed by atoms with Gasteiger partial charge in [-0.2, -0.15) is 5.26 Å². The molecule has 1 aliphatic heterocycles. The highest BCUT2D eigenvalue weighted by atomic mass is 16.6. The largest absolute Gasteiger partial charge is 0.444 e. The Labute approximate surface area is 196 Å². The van der Waals surface area contributed by atoms with Crippen molar-refractivity contribution in [3.8, 4) is 17.4 Å². The predicted octanol–water partition coefficient (Wildman–Crippen LogP) is 2.61. The minimum Gasteiger partial charge on any atom is -0.444 e. The lowest BCUT2D eigenvalue weighted by atomic mass is 10.1. The van der Waals surface area contributed by atoms with Crippen molar-refractivity contribution < 1.29 is 18.7 Å². The summed E-state index contributed by atoms with van der Waals surface area (Å²) >= 11 is 0. The maximum absolute atomic E-state index is 12.8. The van der Waals surface area contributed by atoms with Crippen LogP contribution in [0, 0.1) is 11.3 Å². The molecule has 0 aliphatic carbocycles. The summed E-state index contributed by atoms with van der Waals surface area (Å²) in [6.07, 6.45) is 4.67. The molecule has 1 saturated heterocycles. The maximum Gasteiger partial charge on any atom is 0.410 e. The third-order valence-corrected chi connectivity index (χ3v) is 5.24. The first-order valence-electron chi connectivity index (χ1n) is 10.8. The summed E-state index contributed by atoms with van der Waals surface area (Å²) in [7, 11) is 0. The summed E-state index contributed by atoms with van der Waals surface area (Å²) in [6, 6.07) is 8.38. The highest BCUT2D eigenvalue weighted by Gasteiger charge is 2.38. The number of amides is 2. The van der Waals surface area contributed by atoms with Gasteiger partial charge >= 0.3 is 12.0 Å². The number of rotatable bonds is 5. The van der Waals surface area contributed by atoms with Crippen LogP contribution < -0.4 is 5.32 Å². The van der Waals surface area contributed by atoms with Crippen molar-refractivity contribution in [1.29, 1.82) is 5.26 Å². The number of hydrogen-bond acceptors (Lipinski definition) is 8. The van der Waals surface area contributed by atoms with Crippen LogP contribution in [0.4, 0.5) is 4.79 Å². The van der Waals surface area contributed by atoms with Gasteiger partial charge in [-0.3, -0.25) is 4.79 Å². The molecule has 0 spiro atoms. The van der Waals surface area contributed by atoms with Gasteiger partial charge in [0.2, 0.25) is 0 Å². The number of nitrogens with one attached hydrogen (secondary N) is 1. The van der Waals surface area contributed by atoms with Gasteiger partial charge in [0.15, 0.2) is 5.76 Å². The molecule has 1 fully saturated rings. The van der Waals surface area contributed by atoms with Gasteiger partial charge in [-0.25, -0.2) is 9.78 Å². The molecule has 2 amide bonds. The van der Waals surface area contributed by atoms with Gasteiger partial charge in [0.05, 0.1) is 23.9 Å². The van der Waals surface area contributed by atoms with E-state index < -0.39 is 17.6 Å². The Hall–Kier alpha value is -4.20. The van der Waals surface area contributed by atoms with Crippen LogP contribution in [-0.4, -0.2) is 60.9 Å². The third-order valence-electron chi connectivity index (χ3n) is 5.24. The van der Waals surface area contributed by atoms with Gasteiger partial charge < -0.3 is 23.9 Å². The van der Waals surface area contributed by atoms with E-state index in [1.54, 1.807) is 46.4 Å². The van der Waals surface area contributed by atoms with Gasteiger partial charge in [0.1, 0.15) is 18.3 Å². The fraction of sp³-hybridized carbons (Fsp3) is 0.391. The Kier molecular flexibility index (Phi) is 6.32. The molecule has 34 heavy (non-hydrogen) atoms. The molecule has 0 saturated carbocycles. The average molecular weight is 463 g/mol. The number of carbonyl (C=O) groups excluding carboxylic acids is 2. The lowest BCUT2D eigenvalue weighted by molar-refractivity contribution is 0.0210. The number of hydrogen-bond donors (Lipinski definition) is 1. The predicted molar refractivity (Wildman–Crippen MR) is 119 cm³/mol. The van der Waals surface area contributed by atoms with E-state index in [-0.39, 0.29) is 24.5 Å². The molecule has 4 rings (SSSR count). The number of likely N-dealkylation sites (tertiary alicyclic amines) is 1. The summed E-state index contributed by atoms with van der Waals surface area (Å²) in [5, 5.41) is 19.6. The van der Waals surface area contributed by atoms with Gasteiger partial charge in [-0.05, 0) is 39.3 Å². The molecule has 2 aromatic heterocycles. The normalized spacial score (nSPS) is 17.9. The van der Waals surface area contributed by atoms with Crippen LogP contribution in [0.2, 0.25) is 0 Å². The van der Waals surface area contributed by atoms with E-state index in [1.807, 2.05) is 20.8 Å². The van der Waals surface area contributed by atoms with Crippen LogP contribution in [0.25, 0.3) is 11.3 Å². The summed E-state index contributed by atoms with van der Waals surface area (Å²) in [4.78, 5) is 31.3. The molecule has 176 valence electrons. The van der Waals surface area contributed by atoms with Crippen LogP contribution in [0.15, 0.2) is 47.5 Å². The van der Waals surface area contributed by atoms with Gasteiger partial charge in [-0.1, -0.05) is 12.1 Å². The molecule has 1 unspecified atom stereocenters. The van der Waals surface area contributed by atoms with E-state index in [0.29, 0.717) is 29.9 Å². The van der Waals surface area contributed by atoms with Crippen LogP contribution >= 0.6 is 0 Å². The average Bonchev–Trinajstić information content (AvgIpc) is 3.54. The molecular weight excluding hydrogens is 438 g/mol. The molecule has 2 atom stereocenters. The zero-order chi connectivity index (χ0) is 24.3. The molecule has 0 bridgehead atoms. The highest BCUT2D eigenvalue weighted by molar-refractivity contribution is 5.90. The van der Waals surface area contributed by atoms with Crippen LogP contribution in [0.3, 0.4) is 0 Å². The second kappa shape index (κ2) is 9.35. The molecule has 11 heteroatoms. The van der Waals surface area contributed by atoms with Gasteiger partial charge in [0.25, 0.3) is 5.89 Å². The lowest BCUT2D eigenvalue weighted by Crippen LogP contribution is -2.42. The summed E-state index contributed by atoms with van der Waals surface area (Å²) < 4.78 is 13.0. The number of ether oxygens (including phenoxy) is 1. The van der Waals surface area contributed by atoms with Crippen molar-refractivity contribution in [3.05, 3.63) is 54.6 Å². The van der Waals surface area contributed by atoms with E-state index in [4.69, 9.17) is 14.4 Å². The standard InChI is InChI=1S/C23H25N7O4/c1-23(2,3)34-22(32)30-11-17(8-18(30)12-29-13-26-27-14-29)28-20(31)21-25-10-19(33-21)16-6-4-5-15(7-16)9-24/h4-7,10,13-14,17-18H,8,11-12H2,1-3H3,(H,28,31)/t17?,18-/m1/s1. The van der Waals surface area contributed by atoms with Crippen molar-refractivity contribution in [1.82, 2.24) is 30.0 Å². The Morgan fingerprint density at radius 2 is 2.06 bits per heavy atom. The summed E-state index contributed by atoms with van der Waals surface area (Å²) in [5.74, 6) is -0.195. The van der Waals surface area contributed by atoms with Gasteiger partial charge in [0, 0.05) is 24.7 Å². The van der Waals surface area contributed by atoms with Crippen molar-refractivity contribution in [3.63, 3.8) is 0 Å². The quantitative estimate of drug-likeness (QED) is 0.609. The first-order valence-corrected chi connectivity index (χ1v) is 10.8. The fourth-order valence-corrected chi connectivity index (χ4v) is 3.80. The Morgan fingerprint density at radius 1 is 1.29 bits per heavy atom. The molecule has 1 aromatic carbocycles. The summed E-state index contributed by atoms with van der Waals surface area (Å²) in [6.45, 7) is 6.17. The fourth-order valence-electron chi connectivity index (χ4n) is 3.80. The zero-order valence-electron chi connectivity index (χ0n) is 19.1. The SMILES string of the molecule is CC(C)(C)OC(=O)N1CC(NC(=O)c2ncc(-c3cccc(C#N)c3)o2)C[C@@H]1Cn1cnnc1. The van der Waals surface area contributed by atoms with Crippen LogP contribution in [0.5, 0.6) is 0 Å². The molecule has 3 heterocycles. The smallest absolute Gasteiger partial charge is 0.410 e. The Morgan fingerprint density at radius 3 is 2.76 bits per heavy atom. The van der Waals surface area contributed by atoms with Crippen molar-refractivity contribution >= 4 is 12.0 Å². The number of nitriles is 1. The van der Waals surface area contributed by atoms with E-state index in [9.17, 15) is 9.59 Å². The molecule has 3 aromatic rings. The zero-order valence-corrected chi connectivity index (χ0v) is 19.1. The third kappa shape index (κ3) is 5.40. The molecular formula is C23H25N7O4. The molecule has 0 radical (unpaired) electrons. The maximum atomic E-state index is 12.8. The molecule has 1 aliphatic rings. The van der Waals surface area contributed by atoms with Crippen molar-refractivity contribution in [2.75, 3.05) is 6.54 Å². The monoisotopic (exact) mass is 463 g/mol. The number of benzene rings is 1. The topological polar surface area (TPSA) is 139 Å². The van der Waals surface area contributed by atoms with Crippen molar-refractivity contribution in [2.24, 2.45) is 0 Å². The number of oxazole rings is 1. The first kappa shape index (κ1) is 23.0. The Bertz CT molecular complexity index is 1210. The molecule has 1 N–H and O–H groups in total. The second-order valence-corrected chi connectivity index (χ2v) is 9.07. The number of aromatic nitrogens is 4. The minimum atomic E-state index is -0.642.